The van der Waals surface area contributed by atoms with Crippen molar-refractivity contribution in [2.45, 2.75) is 13.5 Å². The molecule has 2 nitrogen and oxygen atoms in total. The fourth-order valence-electron chi connectivity index (χ4n) is 1.48. The Morgan fingerprint density at radius 3 is 2.78 bits per heavy atom. The first-order valence-corrected chi connectivity index (χ1v) is 6.54. The zero-order valence-corrected chi connectivity index (χ0v) is 12.0. The Labute approximate surface area is 118 Å². The summed E-state index contributed by atoms with van der Waals surface area (Å²) >= 11 is 9.01. The summed E-state index contributed by atoms with van der Waals surface area (Å²) < 4.78 is 14.2. The second-order valence-corrected chi connectivity index (χ2v) is 5.13. The molecule has 94 valence electrons. The lowest BCUT2D eigenvalue weighted by Crippen LogP contribution is -2.02. The minimum atomic E-state index is -0.407. The Hall–Kier alpha value is -1.13. The van der Waals surface area contributed by atoms with Gasteiger partial charge in [-0.2, -0.15) is 0 Å². The van der Waals surface area contributed by atoms with E-state index in [4.69, 9.17) is 11.6 Å². The van der Waals surface area contributed by atoms with Gasteiger partial charge in [0.15, 0.2) is 0 Å². The highest BCUT2D eigenvalue weighted by molar-refractivity contribution is 9.10. The molecule has 0 radical (unpaired) electrons. The van der Waals surface area contributed by atoms with Crippen LogP contribution in [0.4, 0.5) is 10.2 Å². The summed E-state index contributed by atoms with van der Waals surface area (Å²) in [6, 6.07) is 8.54. The number of hydrogen-bond acceptors (Lipinski definition) is 2. The van der Waals surface area contributed by atoms with Crippen LogP contribution in [0.15, 0.2) is 34.8 Å². The van der Waals surface area contributed by atoms with Gasteiger partial charge in [-0.3, -0.25) is 0 Å². The van der Waals surface area contributed by atoms with Crippen molar-refractivity contribution in [3.63, 3.8) is 0 Å². The van der Waals surface area contributed by atoms with E-state index in [9.17, 15) is 4.39 Å². The molecule has 1 N–H and O–H groups in total. The van der Waals surface area contributed by atoms with Crippen LogP contribution in [0.25, 0.3) is 0 Å². The average Bonchev–Trinajstić information content (AvgIpc) is 2.35. The van der Waals surface area contributed by atoms with Crippen molar-refractivity contribution in [3.8, 4) is 0 Å². The van der Waals surface area contributed by atoms with Crippen LogP contribution >= 0.6 is 27.5 Å². The molecular weight excluding hydrogens is 319 g/mol. The van der Waals surface area contributed by atoms with Gasteiger partial charge < -0.3 is 5.32 Å². The molecule has 0 saturated carbocycles. The SMILES string of the molecule is Cc1nc(NCc2ccc(Cl)c(F)c2)ccc1Br. The largest absolute Gasteiger partial charge is 0.366 e. The highest BCUT2D eigenvalue weighted by atomic mass is 79.9. The zero-order chi connectivity index (χ0) is 13.1. The van der Waals surface area contributed by atoms with Gasteiger partial charge in [-0.25, -0.2) is 9.37 Å². The number of nitrogens with one attached hydrogen (secondary N) is 1. The fourth-order valence-corrected chi connectivity index (χ4v) is 1.82. The standard InChI is InChI=1S/C13H11BrClFN2/c1-8-10(14)3-5-13(18-8)17-7-9-2-4-11(15)12(16)6-9/h2-6H,7H2,1H3,(H,17,18). The van der Waals surface area contributed by atoms with Crippen molar-refractivity contribution < 1.29 is 4.39 Å². The third kappa shape index (κ3) is 3.21. The van der Waals surface area contributed by atoms with Crippen LogP contribution in [0.5, 0.6) is 0 Å². The van der Waals surface area contributed by atoms with Crippen LogP contribution in [0.2, 0.25) is 5.02 Å². The van der Waals surface area contributed by atoms with Gasteiger partial charge in [0, 0.05) is 11.0 Å². The van der Waals surface area contributed by atoms with E-state index in [-0.39, 0.29) is 5.02 Å². The van der Waals surface area contributed by atoms with Crippen molar-refractivity contribution >= 4 is 33.3 Å². The van der Waals surface area contributed by atoms with E-state index in [1.807, 2.05) is 19.1 Å². The molecule has 0 bridgehead atoms. The summed E-state index contributed by atoms with van der Waals surface area (Å²) in [5, 5.41) is 3.27. The third-order valence-corrected chi connectivity index (χ3v) is 3.62. The van der Waals surface area contributed by atoms with E-state index < -0.39 is 5.82 Å². The number of hydrogen-bond donors (Lipinski definition) is 1. The number of aromatic nitrogens is 1. The molecule has 2 aromatic rings. The first-order chi connectivity index (χ1) is 8.56. The zero-order valence-electron chi connectivity index (χ0n) is 9.67. The maximum absolute atomic E-state index is 13.2. The lowest BCUT2D eigenvalue weighted by Gasteiger charge is -2.07. The quantitative estimate of drug-likeness (QED) is 0.893. The number of nitrogens with zero attached hydrogens (tertiary/aromatic N) is 1. The van der Waals surface area contributed by atoms with Gasteiger partial charge in [0.1, 0.15) is 11.6 Å². The third-order valence-electron chi connectivity index (χ3n) is 2.48. The van der Waals surface area contributed by atoms with Gasteiger partial charge in [0.2, 0.25) is 0 Å². The number of rotatable bonds is 3. The molecule has 0 fully saturated rings. The average molecular weight is 330 g/mol. The number of halogens is 3. The Morgan fingerprint density at radius 2 is 2.11 bits per heavy atom. The van der Waals surface area contributed by atoms with Crippen LogP contribution in [0.1, 0.15) is 11.3 Å². The van der Waals surface area contributed by atoms with Crippen molar-refractivity contribution in [2.24, 2.45) is 0 Å². The van der Waals surface area contributed by atoms with E-state index in [1.54, 1.807) is 12.1 Å². The molecule has 18 heavy (non-hydrogen) atoms. The number of pyridine rings is 1. The molecule has 0 atom stereocenters. The molecule has 1 aromatic carbocycles. The lowest BCUT2D eigenvalue weighted by atomic mass is 10.2. The molecule has 0 unspecified atom stereocenters. The Bertz CT molecular complexity index is 523. The minimum Gasteiger partial charge on any atom is -0.366 e. The predicted octanol–water partition coefficient (Wildman–Crippen LogP) is 4.56. The maximum Gasteiger partial charge on any atom is 0.142 e. The van der Waals surface area contributed by atoms with Crippen molar-refractivity contribution in [2.75, 3.05) is 5.32 Å². The highest BCUT2D eigenvalue weighted by Crippen LogP contribution is 2.18. The van der Waals surface area contributed by atoms with Crippen LogP contribution in [0.3, 0.4) is 0 Å². The second kappa shape index (κ2) is 5.67. The van der Waals surface area contributed by atoms with Crippen molar-refractivity contribution in [1.82, 2.24) is 4.98 Å². The number of benzene rings is 1. The molecule has 5 heteroatoms. The van der Waals surface area contributed by atoms with E-state index in [0.29, 0.717) is 6.54 Å². The minimum absolute atomic E-state index is 0.136. The van der Waals surface area contributed by atoms with E-state index >= 15 is 0 Å². The van der Waals surface area contributed by atoms with Crippen LogP contribution in [-0.2, 0) is 6.54 Å². The molecule has 1 aromatic heterocycles. The Balaban J connectivity index is 2.06. The van der Waals surface area contributed by atoms with Gasteiger partial charge in [0.05, 0.1) is 10.7 Å². The molecule has 2 rings (SSSR count). The summed E-state index contributed by atoms with van der Waals surface area (Å²) in [5.41, 5.74) is 1.72. The topological polar surface area (TPSA) is 24.9 Å². The van der Waals surface area contributed by atoms with Gasteiger partial charge in [-0.15, -0.1) is 0 Å². The van der Waals surface area contributed by atoms with Gasteiger partial charge in [-0.1, -0.05) is 17.7 Å². The first-order valence-electron chi connectivity index (χ1n) is 5.37. The molecule has 0 amide bonds. The predicted molar refractivity (Wildman–Crippen MR) is 75.4 cm³/mol. The monoisotopic (exact) mass is 328 g/mol. The smallest absolute Gasteiger partial charge is 0.142 e. The number of anilines is 1. The normalized spacial score (nSPS) is 10.4. The summed E-state index contributed by atoms with van der Waals surface area (Å²) in [4.78, 5) is 4.35. The second-order valence-electron chi connectivity index (χ2n) is 3.87. The van der Waals surface area contributed by atoms with Gasteiger partial charge >= 0.3 is 0 Å². The van der Waals surface area contributed by atoms with E-state index in [1.165, 1.54) is 6.07 Å². The van der Waals surface area contributed by atoms with E-state index in [2.05, 4.69) is 26.2 Å². The van der Waals surface area contributed by atoms with E-state index in [0.717, 1.165) is 21.5 Å². The van der Waals surface area contributed by atoms with Gasteiger partial charge in [-0.05, 0) is 52.7 Å². The molecule has 0 aliphatic rings. The molecular formula is C13H11BrClFN2. The fraction of sp³-hybridized carbons (Fsp3) is 0.154. The summed E-state index contributed by atoms with van der Waals surface area (Å²) in [6.07, 6.45) is 0. The Morgan fingerprint density at radius 1 is 1.33 bits per heavy atom. The van der Waals surface area contributed by atoms with Crippen LogP contribution in [0, 0.1) is 12.7 Å². The summed E-state index contributed by atoms with van der Waals surface area (Å²) in [5.74, 6) is 0.349. The van der Waals surface area contributed by atoms with Crippen molar-refractivity contribution in [3.05, 3.63) is 56.9 Å². The Kier molecular flexibility index (Phi) is 4.19. The van der Waals surface area contributed by atoms with Gasteiger partial charge in [0.25, 0.3) is 0 Å². The molecule has 0 spiro atoms. The van der Waals surface area contributed by atoms with Crippen molar-refractivity contribution in [1.29, 1.82) is 0 Å². The first kappa shape index (κ1) is 13.3. The molecule has 0 aliphatic carbocycles. The number of aryl methyl sites for hydroxylation is 1. The molecule has 0 aliphatic heterocycles. The molecule has 0 saturated heterocycles. The van der Waals surface area contributed by atoms with Crippen LogP contribution < -0.4 is 5.32 Å². The summed E-state index contributed by atoms with van der Waals surface area (Å²) in [7, 11) is 0. The van der Waals surface area contributed by atoms with Crippen LogP contribution in [-0.4, -0.2) is 4.98 Å². The lowest BCUT2D eigenvalue weighted by molar-refractivity contribution is 0.626. The maximum atomic E-state index is 13.2. The summed E-state index contributed by atoms with van der Waals surface area (Å²) in [6.45, 7) is 2.42. The molecule has 1 heterocycles. The highest BCUT2D eigenvalue weighted by Gasteiger charge is 2.02.